The predicted molar refractivity (Wildman–Crippen MR) is 74.5 cm³/mol. The normalized spacial score (nSPS) is 10.9. The monoisotopic (exact) mass is 259 g/mol. The van der Waals surface area contributed by atoms with Gasteiger partial charge in [0.05, 0.1) is 0 Å². The molecule has 0 fully saturated rings. The lowest BCUT2D eigenvalue weighted by molar-refractivity contribution is 0.323. The molecule has 0 unspecified atom stereocenters. The molecule has 2 aromatic rings. The number of phenolic OH excluding ortho intramolecular Hbond substituents is 1. The Morgan fingerprint density at radius 3 is 2.58 bits per heavy atom. The van der Waals surface area contributed by atoms with Gasteiger partial charge in [-0.1, -0.05) is 30.3 Å². The molecular weight excluding hydrogens is 241 g/mol. The highest BCUT2D eigenvalue weighted by molar-refractivity contribution is 5.32. The van der Waals surface area contributed by atoms with Crippen molar-refractivity contribution in [2.45, 2.75) is 13.0 Å². The standard InChI is InChI=1S/C16H18FNO/c1-18(10-9-13-5-3-2-4-6-13)12-14-11-15(17)7-8-16(14)19/h2-8,11,19H,9-10,12H2,1H3. The van der Waals surface area contributed by atoms with Crippen LogP contribution in [0.4, 0.5) is 4.39 Å². The highest BCUT2D eigenvalue weighted by atomic mass is 19.1. The Bertz CT molecular complexity index is 528. The maximum Gasteiger partial charge on any atom is 0.123 e. The summed E-state index contributed by atoms with van der Waals surface area (Å²) in [6.07, 6.45) is 0.938. The maximum atomic E-state index is 13.1. The Morgan fingerprint density at radius 2 is 1.84 bits per heavy atom. The van der Waals surface area contributed by atoms with E-state index in [0.717, 1.165) is 13.0 Å². The molecule has 0 aliphatic heterocycles. The lowest BCUT2D eigenvalue weighted by Gasteiger charge is -2.17. The van der Waals surface area contributed by atoms with E-state index in [2.05, 4.69) is 17.0 Å². The van der Waals surface area contributed by atoms with Crippen LogP contribution in [0.1, 0.15) is 11.1 Å². The summed E-state index contributed by atoms with van der Waals surface area (Å²) in [5, 5.41) is 9.68. The van der Waals surface area contributed by atoms with Crippen molar-refractivity contribution < 1.29 is 9.50 Å². The zero-order valence-corrected chi connectivity index (χ0v) is 11.0. The van der Waals surface area contributed by atoms with Crippen molar-refractivity contribution in [2.24, 2.45) is 0 Å². The Hall–Kier alpha value is -1.87. The number of nitrogens with zero attached hydrogens (tertiary/aromatic N) is 1. The molecule has 3 heteroatoms. The average molecular weight is 259 g/mol. The molecule has 2 nitrogen and oxygen atoms in total. The summed E-state index contributed by atoms with van der Waals surface area (Å²) in [6, 6.07) is 14.3. The fourth-order valence-electron chi connectivity index (χ4n) is 2.02. The molecule has 0 saturated carbocycles. The first kappa shape index (κ1) is 13.6. The van der Waals surface area contributed by atoms with E-state index in [0.29, 0.717) is 12.1 Å². The van der Waals surface area contributed by atoms with Crippen LogP contribution in [0.2, 0.25) is 0 Å². The Labute approximate surface area is 113 Å². The molecule has 0 aliphatic rings. The summed E-state index contributed by atoms with van der Waals surface area (Å²) in [6.45, 7) is 1.40. The molecule has 0 aromatic heterocycles. The first-order valence-electron chi connectivity index (χ1n) is 6.35. The lowest BCUT2D eigenvalue weighted by atomic mass is 10.1. The van der Waals surface area contributed by atoms with E-state index in [1.165, 1.54) is 23.8 Å². The second-order valence-electron chi connectivity index (χ2n) is 4.75. The van der Waals surface area contributed by atoms with Crippen LogP contribution in [0.5, 0.6) is 5.75 Å². The highest BCUT2D eigenvalue weighted by Gasteiger charge is 2.06. The van der Waals surface area contributed by atoms with Gasteiger partial charge in [-0.3, -0.25) is 0 Å². The van der Waals surface area contributed by atoms with Crippen LogP contribution in [-0.4, -0.2) is 23.6 Å². The zero-order chi connectivity index (χ0) is 13.7. The minimum absolute atomic E-state index is 0.146. The number of halogens is 1. The van der Waals surface area contributed by atoms with Gasteiger partial charge < -0.3 is 10.0 Å². The fourth-order valence-corrected chi connectivity index (χ4v) is 2.02. The molecule has 0 atom stereocenters. The minimum Gasteiger partial charge on any atom is -0.508 e. The Kier molecular flexibility index (Phi) is 4.53. The Balaban J connectivity index is 1.90. The largest absolute Gasteiger partial charge is 0.508 e. The van der Waals surface area contributed by atoms with Crippen molar-refractivity contribution in [3.05, 3.63) is 65.5 Å². The molecule has 2 rings (SSSR count). The van der Waals surface area contributed by atoms with Gasteiger partial charge in [0.15, 0.2) is 0 Å². The van der Waals surface area contributed by atoms with E-state index in [1.807, 2.05) is 25.2 Å². The summed E-state index contributed by atoms with van der Waals surface area (Å²) in [5.41, 5.74) is 1.90. The average Bonchev–Trinajstić information content (AvgIpc) is 2.42. The van der Waals surface area contributed by atoms with Crippen molar-refractivity contribution in [3.63, 3.8) is 0 Å². The molecule has 0 radical (unpaired) electrons. The van der Waals surface area contributed by atoms with E-state index in [-0.39, 0.29) is 11.6 Å². The van der Waals surface area contributed by atoms with Gasteiger partial charge in [-0.15, -0.1) is 0 Å². The third-order valence-electron chi connectivity index (χ3n) is 3.11. The summed E-state index contributed by atoms with van der Waals surface area (Å²) >= 11 is 0. The third kappa shape index (κ3) is 4.07. The van der Waals surface area contributed by atoms with E-state index in [9.17, 15) is 9.50 Å². The second-order valence-corrected chi connectivity index (χ2v) is 4.75. The number of aromatic hydroxyl groups is 1. The van der Waals surface area contributed by atoms with Gasteiger partial charge in [0.1, 0.15) is 11.6 Å². The van der Waals surface area contributed by atoms with Crippen LogP contribution >= 0.6 is 0 Å². The van der Waals surface area contributed by atoms with Crippen molar-refractivity contribution in [2.75, 3.05) is 13.6 Å². The number of rotatable bonds is 5. The van der Waals surface area contributed by atoms with E-state index < -0.39 is 0 Å². The van der Waals surface area contributed by atoms with Gasteiger partial charge in [-0.05, 0) is 37.2 Å². The second kappa shape index (κ2) is 6.34. The van der Waals surface area contributed by atoms with Gasteiger partial charge >= 0.3 is 0 Å². The first-order chi connectivity index (χ1) is 9.15. The Morgan fingerprint density at radius 1 is 1.11 bits per heavy atom. The minimum atomic E-state index is -0.316. The van der Waals surface area contributed by atoms with Crippen molar-refractivity contribution in [1.82, 2.24) is 4.90 Å². The van der Waals surface area contributed by atoms with Crippen LogP contribution < -0.4 is 0 Å². The van der Waals surface area contributed by atoms with E-state index in [1.54, 1.807) is 0 Å². The van der Waals surface area contributed by atoms with Crippen LogP contribution in [-0.2, 0) is 13.0 Å². The van der Waals surface area contributed by atoms with Crippen LogP contribution in [0.25, 0.3) is 0 Å². The number of phenols is 1. The molecule has 1 N–H and O–H groups in total. The maximum absolute atomic E-state index is 13.1. The number of likely N-dealkylation sites (N-methyl/N-ethyl adjacent to an activating group) is 1. The predicted octanol–water partition coefficient (Wildman–Crippen LogP) is 3.21. The highest BCUT2D eigenvalue weighted by Crippen LogP contribution is 2.19. The number of benzene rings is 2. The molecule has 0 amide bonds. The van der Waals surface area contributed by atoms with Gasteiger partial charge in [0.25, 0.3) is 0 Å². The van der Waals surface area contributed by atoms with Gasteiger partial charge in [0, 0.05) is 18.7 Å². The topological polar surface area (TPSA) is 23.5 Å². The summed E-state index contributed by atoms with van der Waals surface area (Å²) in [7, 11) is 1.97. The molecule has 0 spiro atoms. The smallest absolute Gasteiger partial charge is 0.123 e. The number of hydrogen-bond acceptors (Lipinski definition) is 2. The van der Waals surface area contributed by atoms with E-state index in [4.69, 9.17) is 0 Å². The van der Waals surface area contributed by atoms with Crippen LogP contribution in [0, 0.1) is 5.82 Å². The molecule has 19 heavy (non-hydrogen) atoms. The zero-order valence-electron chi connectivity index (χ0n) is 11.0. The summed E-state index contributed by atoms with van der Waals surface area (Å²) in [5.74, 6) is -0.169. The van der Waals surface area contributed by atoms with Crippen LogP contribution in [0.3, 0.4) is 0 Å². The van der Waals surface area contributed by atoms with Gasteiger partial charge in [-0.25, -0.2) is 4.39 Å². The fraction of sp³-hybridized carbons (Fsp3) is 0.250. The molecule has 0 aliphatic carbocycles. The molecule has 0 heterocycles. The summed E-state index contributed by atoms with van der Waals surface area (Å²) < 4.78 is 13.1. The lowest BCUT2D eigenvalue weighted by Crippen LogP contribution is -2.20. The third-order valence-corrected chi connectivity index (χ3v) is 3.11. The molecule has 2 aromatic carbocycles. The molecular formula is C16H18FNO. The molecule has 0 saturated heterocycles. The van der Waals surface area contributed by atoms with Crippen molar-refractivity contribution in [1.29, 1.82) is 0 Å². The van der Waals surface area contributed by atoms with Crippen LogP contribution in [0.15, 0.2) is 48.5 Å². The van der Waals surface area contributed by atoms with Crippen molar-refractivity contribution in [3.8, 4) is 5.75 Å². The molecule has 0 bridgehead atoms. The van der Waals surface area contributed by atoms with E-state index >= 15 is 0 Å². The quantitative estimate of drug-likeness (QED) is 0.891. The summed E-state index contributed by atoms with van der Waals surface area (Å²) in [4.78, 5) is 2.07. The first-order valence-corrected chi connectivity index (χ1v) is 6.35. The van der Waals surface area contributed by atoms with Gasteiger partial charge in [-0.2, -0.15) is 0 Å². The number of hydrogen-bond donors (Lipinski definition) is 1. The molecule has 100 valence electrons. The SMILES string of the molecule is CN(CCc1ccccc1)Cc1cc(F)ccc1O. The van der Waals surface area contributed by atoms with Crippen molar-refractivity contribution >= 4 is 0 Å². The van der Waals surface area contributed by atoms with Gasteiger partial charge in [0.2, 0.25) is 0 Å².